The number of ether oxygens (including phenoxy) is 1. The van der Waals surface area contributed by atoms with Crippen molar-refractivity contribution in [1.29, 1.82) is 0 Å². The summed E-state index contributed by atoms with van der Waals surface area (Å²) in [6.07, 6.45) is 4.84. The minimum atomic E-state index is -0.592. The number of rotatable bonds is 3. The van der Waals surface area contributed by atoms with E-state index in [-0.39, 0.29) is 5.02 Å². The molecule has 3 heteroatoms. The molecule has 0 aliphatic rings. The van der Waals surface area contributed by atoms with Crippen LogP contribution in [0.4, 0.5) is 4.39 Å². The first-order chi connectivity index (χ1) is 8.70. The Kier molecular flexibility index (Phi) is 3.86. The second-order valence-corrected chi connectivity index (χ2v) is 4.06. The predicted octanol–water partition coefficient (Wildman–Crippen LogP) is 4.23. The van der Waals surface area contributed by atoms with Crippen molar-refractivity contribution in [2.75, 3.05) is 0 Å². The molecule has 2 aromatic rings. The van der Waals surface area contributed by atoms with Crippen molar-refractivity contribution in [3.8, 4) is 18.1 Å². The molecular formula is C15H10ClFO. The molecule has 1 unspecified atom stereocenters. The quantitative estimate of drug-likeness (QED) is 0.751. The first kappa shape index (κ1) is 12.5. The third kappa shape index (κ3) is 2.82. The van der Waals surface area contributed by atoms with Crippen LogP contribution < -0.4 is 4.74 Å². The molecule has 0 fully saturated rings. The third-order valence-electron chi connectivity index (χ3n) is 2.39. The Morgan fingerprint density at radius 2 is 1.89 bits per heavy atom. The molecule has 2 aromatic carbocycles. The molecule has 1 nitrogen and oxygen atoms in total. The fraction of sp³-hybridized carbons (Fsp3) is 0.0667. The second kappa shape index (κ2) is 5.57. The predicted molar refractivity (Wildman–Crippen MR) is 70.1 cm³/mol. The molecule has 2 rings (SSSR count). The van der Waals surface area contributed by atoms with Crippen molar-refractivity contribution in [3.05, 3.63) is 64.9 Å². The average molecular weight is 261 g/mol. The zero-order chi connectivity index (χ0) is 13.0. The summed E-state index contributed by atoms with van der Waals surface area (Å²) in [7, 11) is 0. The van der Waals surface area contributed by atoms with E-state index < -0.39 is 11.9 Å². The highest BCUT2D eigenvalue weighted by molar-refractivity contribution is 6.30. The van der Waals surface area contributed by atoms with Gasteiger partial charge in [-0.05, 0) is 24.3 Å². The normalized spacial score (nSPS) is 11.6. The Morgan fingerprint density at radius 1 is 1.17 bits per heavy atom. The second-order valence-electron chi connectivity index (χ2n) is 3.65. The van der Waals surface area contributed by atoms with Crippen molar-refractivity contribution in [2.45, 2.75) is 6.10 Å². The summed E-state index contributed by atoms with van der Waals surface area (Å²) in [5.74, 6) is 2.69. The molecule has 0 N–H and O–H groups in total. The maximum absolute atomic E-state index is 13.1. The summed E-state index contributed by atoms with van der Waals surface area (Å²) in [4.78, 5) is 0. The summed E-state index contributed by atoms with van der Waals surface area (Å²) in [5.41, 5.74) is 0.646. The van der Waals surface area contributed by atoms with Gasteiger partial charge in [0.25, 0.3) is 0 Å². The van der Waals surface area contributed by atoms with Crippen molar-refractivity contribution in [1.82, 2.24) is 0 Å². The van der Waals surface area contributed by atoms with Crippen LogP contribution >= 0.6 is 11.6 Å². The topological polar surface area (TPSA) is 9.23 Å². The standard InChI is InChI=1S/C15H10ClFO/c1-2-15(18-12-6-4-3-5-7-12)11-8-9-14(17)13(16)10-11/h1,3-10,15H. The fourth-order valence-corrected chi connectivity index (χ4v) is 1.70. The molecule has 0 saturated carbocycles. The maximum Gasteiger partial charge on any atom is 0.184 e. The molecular weight excluding hydrogens is 251 g/mol. The molecule has 90 valence electrons. The summed E-state index contributed by atoms with van der Waals surface area (Å²) < 4.78 is 18.7. The van der Waals surface area contributed by atoms with Crippen LogP contribution in [-0.2, 0) is 0 Å². The number of hydrogen-bond acceptors (Lipinski definition) is 1. The third-order valence-corrected chi connectivity index (χ3v) is 2.68. The van der Waals surface area contributed by atoms with Crippen molar-refractivity contribution < 1.29 is 9.13 Å². The number of benzene rings is 2. The highest BCUT2D eigenvalue weighted by atomic mass is 35.5. The van der Waals surface area contributed by atoms with Gasteiger partial charge in [0.1, 0.15) is 11.6 Å². The molecule has 18 heavy (non-hydrogen) atoms. The minimum absolute atomic E-state index is 0.0319. The number of hydrogen-bond donors (Lipinski definition) is 0. The molecule has 0 aromatic heterocycles. The van der Waals surface area contributed by atoms with Crippen LogP contribution in [-0.4, -0.2) is 0 Å². The lowest BCUT2D eigenvalue weighted by molar-refractivity contribution is 0.265. The fourth-order valence-electron chi connectivity index (χ4n) is 1.51. The van der Waals surface area contributed by atoms with Gasteiger partial charge in [-0.1, -0.05) is 41.8 Å². The van der Waals surface area contributed by atoms with Gasteiger partial charge in [0, 0.05) is 5.56 Å². The molecule has 0 amide bonds. The first-order valence-corrected chi connectivity index (χ1v) is 5.71. The molecule has 0 bridgehead atoms. The minimum Gasteiger partial charge on any atom is -0.473 e. The van der Waals surface area contributed by atoms with E-state index in [2.05, 4.69) is 5.92 Å². The lowest BCUT2D eigenvalue weighted by Gasteiger charge is -2.14. The van der Waals surface area contributed by atoms with Gasteiger partial charge >= 0.3 is 0 Å². The Labute approximate surface area is 110 Å². The van der Waals surface area contributed by atoms with E-state index in [0.29, 0.717) is 11.3 Å². The number of halogens is 2. The molecule has 1 atom stereocenters. The summed E-state index contributed by atoms with van der Waals surface area (Å²) in [6.45, 7) is 0. The molecule has 0 heterocycles. The lowest BCUT2D eigenvalue weighted by atomic mass is 10.1. The van der Waals surface area contributed by atoms with Crippen LogP contribution in [0.25, 0.3) is 0 Å². The van der Waals surface area contributed by atoms with E-state index in [1.807, 2.05) is 18.2 Å². The summed E-state index contributed by atoms with van der Waals surface area (Å²) in [5, 5.41) is 0.0319. The molecule has 0 radical (unpaired) electrons. The van der Waals surface area contributed by atoms with Crippen molar-refractivity contribution in [2.24, 2.45) is 0 Å². The van der Waals surface area contributed by atoms with Crippen LogP contribution in [0.5, 0.6) is 5.75 Å². The van der Waals surface area contributed by atoms with Gasteiger partial charge in [0.05, 0.1) is 5.02 Å². The maximum atomic E-state index is 13.1. The van der Waals surface area contributed by atoms with E-state index in [1.165, 1.54) is 12.1 Å². The van der Waals surface area contributed by atoms with Crippen molar-refractivity contribution in [3.63, 3.8) is 0 Å². The highest BCUT2D eigenvalue weighted by Crippen LogP contribution is 2.24. The van der Waals surface area contributed by atoms with Gasteiger partial charge in [-0.25, -0.2) is 4.39 Å². The van der Waals surface area contributed by atoms with Crippen LogP contribution in [0, 0.1) is 18.2 Å². The first-order valence-electron chi connectivity index (χ1n) is 5.33. The van der Waals surface area contributed by atoms with E-state index in [9.17, 15) is 4.39 Å². The number of terminal acetylenes is 1. The monoisotopic (exact) mass is 260 g/mol. The van der Waals surface area contributed by atoms with Gasteiger partial charge in [-0.2, -0.15) is 0 Å². The summed E-state index contributed by atoms with van der Waals surface area (Å²) in [6, 6.07) is 13.5. The molecule has 0 spiro atoms. The van der Waals surface area contributed by atoms with E-state index in [4.69, 9.17) is 22.8 Å². The average Bonchev–Trinajstić information content (AvgIpc) is 2.40. The van der Waals surface area contributed by atoms with E-state index in [1.54, 1.807) is 18.2 Å². The Bertz CT molecular complexity index is 575. The zero-order valence-corrected chi connectivity index (χ0v) is 10.2. The van der Waals surface area contributed by atoms with Crippen LogP contribution in [0.15, 0.2) is 48.5 Å². The zero-order valence-electron chi connectivity index (χ0n) is 9.44. The van der Waals surface area contributed by atoms with Gasteiger partial charge in [0.15, 0.2) is 6.10 Å². The highest BCUT2D eigenvalue weighted by Gasteiger charge is 2.12. The van der Waals surface area contributed by atoms with E-state index in [0.717, 1.165) is 0 Å². The van der Waals surface area contributed by atoms with Crippen LogP contribution in [0.2, 0.25) is 5.02 Å². The SMILES string of the molecule is C#CC(Oc1ccccc1)c1ccc(F)c(Cl)c1. The summed E-state index contributed by atoms with van der Waals surface area (Å²) >= 11 is 5.72. The van der Waals surface area contributed by atoms with Crippen LogP contribution in [0.1, 0.15) is 11.7 Å². The van der Waals surface area contributed by atoms with Crippen molar-refractivity contribution >= 4 is 11.6 Å². The Morgan fingerprint density at radius 3 is 2.50 bits per heavy atom. The van der Waals surface area contributed by atoms with Gasteiger partial charge in [-0.15, -0.1) is 6.42 Å². The van der Waals surface area contributed by atoms with Gasteiger partial charge < -0.3 is 4.74 Å². The van der Waals surface area contributed by atoms with E-state index >= 15 is 0 Å². The number of para-hydroxylation sites is 1. The molecule has 0 saturated heterocycles. The van der Waals surface area contributed by atoms with Gasteiger partial charge in [0.2, 0.25) is 0 Å². The smallest absolute Gasteiger partial charge is 0.184 e. The lowest BCUT2D eigenvalue weighted by Crippen LogP contribution is -2.05. The van der Waals surface area contributed by atoms with Gasteiger partial charge in [-0.3, -0.25) is 0 Å². The molecule has 0 aliphatic carbocycles. The Balaban J connectivity index is 2.24. The van der Waals surface area contributed by atoms with Crippen LogP contribution in [0.3, 0.4) is 0 Å². The molecule has 0 aliphatic heterocycles. The Hall–Kier alpha value is -1.98. The largest absolute Gasteiger partial charge is 0.473 e.